The van der Waals surface area contributed by atoms with Crippen LogP contribution in [0.4, 0.5) is 4.39 Å². The van der Waals surface area contributed by atoms with Gasteiger partial charge in [0.05, 0.1) is 5.56 Å². The van der Waals surface area contributed by atoms with Gasteiger partial charge in [-0.15, -0.1) is 0 Å². The van der Waals surface area contributed by atoms with Crippen LogP contribution >= 0.6 is 15.9 Å². The third-order valence-corrected chi connectivity index (χ3v) is 3.18. The highest BCUT2D eigenvalue weighted by Crippen LogP contribution is 2.21. The standard InChI is InChI=1S/C15H12BrFO2/c1-10-2-5-15(12(6-10)8-18)19-9-11-3-4-13(16)7-14(11)17/h2-8H,9H2,1H3. The lowest BCUT2D eigenvalue weighted by Gasteiger charge is -2.10. The lowest BCUT2D eigenvalue weighted by atomic mass is 10.1. The molecule has 0 aliphatic heterocycles. The first-order valence-corrected chi connectivity index (χ1v) is 6.52. The first-order chi connectivity index (χ1) is 9.10. The third kappa shape index (κ3) is 3.41. The van der Waals surface area contributed by atoms with Gasteiger partial charge in [0.25, 0.3) is 0 Å². The van der Waals surface area contributed by atoms with Crippen molar-refractivity contribution in [3.63, 3.8) is 0 Å². The van der Waals surface area contributed by atoms with Gasteiger partial charge in [-0.2, -0.15) is 0 Å². The molecule has 2 aromatic rings. The van der Waals surface area contributed by atoms with Crippen LogP contribution in [-0.4, -0.2) is 6.29 Å². The quantitative estimate of drug-likeness (QED) is 0.785. The molecular formula is C15H12BrFO2. The molecule has 0 amide bonds. The van der Waals surface area contributed by atoms with Gasteiger partial charge in [-0.1, -0.05) is 33.6 Å². The Morgan fingerprint density at radius 3 is 2.74 bits per heavy atom. The van der Waals surface area contributed by atoms with Crippen LogP contribution in [0.2, 0.25) is 0 Å². The molecule has 0 N–H and O–H groups in total. The molecule has 0 aliphatic carbocycles. The normalized spacial score (nSPS) is 10.3. The Labute approximate surface area is 119 Å². The van der Waals surface area contributed by atoms with E-state index < -0.39 is 0 Å². The fourth-order valence-corrected chi connectivity index (χ4v) is 2.02. The van der Waals surface area contributed by atoms with Gasteiger partial charge < -0.3 is 4.74 Å². The van der Waals surface area contributed by atoms with E-state index in [9.17, 15) is 9.18 Å². The lowest BCUT2D eigenvalue weighted by molar-refractivity contribution is 0.111. The summed E-state index contributed by atoms with van der Waals surface area (Å²) in [5.74, 6) is 0.122. The average Bonchev–Trinajstić information content (AvgIpc) is 2.39. The summed E-state index contributed by atoms with van der Waals surface area (Å²) in [6.07, 6.45) is 0.736. The van der Waals surface area contributed by atoms with Gasteiger partial charge in [-0.3, -0.25) is 4.79 Å². The molecule has 0 unspecified atom stereocenters. The van der Waals surface area contributed by atoms with Crippen LogP contribution in [0.5, 0.6) is 5.75 Å². The Morgan fingerprint density at radius 2 is 2.05 bits per heavy atom. The maximum atomic E-state index is 13.6. The Bertz CT molecular complexity index is 611. The predicted molar refractivity (Wildman–Crippen MR) is 75.0 cm³/mol. The molecule has 4 heteroatoms. The molecule has 2 nitrogen and oxygen atoms in total. The second-order valence-electron chi connectivity index (χ2n) is 4.18. The van der Waals surface area contributed by atoms with Crippen molar-refractivity contribution in [3.8, 4) is 5.75 Å². The zero-order valence-corrected chi connectivity index (χ0v) is 11.9. The van der Waals surface area contributed by atoms with Crippen LogP contribution in [0.15, 0.2) is 40.9 Å². The number of carbonyl (C=O) groups excluding carboxylic acids is 1. The van der Waals surface area contributed by atoms with Gasteiger partial charge in [0.2, 0.25) is 0 Å². The molecule has 0 radical (unpaired) electrons. The number of hydrogen-bond acceptors (Lipinski definition) is 2. The summed E-state index contributed by atoms with van der Waals surface area (Å²) >= 11 is 3.20. The third-order valence-electron chi connectivity index (χ3n) is 2.69. The molecule has 0 saturated carbocycles. The van der Waals surface area contributed by atoms with Gasteiger partial charge in [0, 0.05) is 10.0 Å². The second-order valence-corrected chi connectivity index (χ2v) is 5.10. The van der Waals surface area contributed by atoms with Crippen LogP contribution in [0.1, 0.15) is 21.5 Å². The van der Waals surface area contributed by atoms with E-state index in [2.05, 4.69) is 15.9 Å². The van der Waals surface area contributed by atoms with Crippen molar-refractivity contribution in [2.24, 2.45) is 0 Å². The smallest absolute Gasteiger partial charge is 0.153 e. The molecule has 0 saturated heterocycles. The van der Waals surface area contributed by atoms with E-state index in [0.29, 0.717) is 21.3 Å². The summed E-state index contributed by atoms with van der Waals surface area (Å²) in [7, 11) is 0. The molecular weight excluding hydrogens is 311 g/mol. The van der Waals surface area contributed by atoms with E-state index in [0.717, 1.165) is 11.8 Å². The SMILES string of the molecule is Cc1ccc(OCc2ccc(Br)cc2F)c(C=O)c1. The second kappa shape index (κ2) is 5.97. The Morgan fingerprint density at radius 1 is 1.26 bits per heavy atom. The van der Waals surface area contributed by atoms with Crippen LogP contribution < -0.4 is 4.74 Å². The number of aldehydes is 1. The zero-order valence-electron chi connectivity index (χ0n) is 10.3. The van der Waals surface area contributed by atoms with E-state index in [-0.39, 0.29) is 12.4 Å². The van der Waals surface area contributed by atoms with Crippen molar-refractivity contribution in [3.05, 3.63) is 63.4 Å². The van der Waals surface area contributed by atoms with Gasteiger partial charge in [-0.25, -0.2) is 4.39 Å². The summed E-state index contributed by atoms with van der Waals surface area (Å²) < 4.78 is 19.8. The van der Waals surface area contributed by atoms with E-state index in [1.54, 1.807) is 24.3 Å². The maximum Gasteiger partial charge on any atom is 0.153 e. The van der Waals surface area contributed by atoms with Gasteiger partial charge in [-0.05, 0) is 31.2 Å². The summed E-state index contributed by atoms with van der Waals surface area (Å²) in [4.78, 5) is 10.9. The summed E-state index contributed by atoms with van der Waals surface area (Å²) in [5, 5.41) is 0. The Balaban J connectivity index is 2.16. The van der Waals surface area contributed by atoms with Gasteiger partial charge in [0.15, 0.2) is 6.29 Å². The van der Waals surface area contributed by atoms with Crippen molar-refractivity contribution in [1.29, 1.82) is 0 Å². The molecule has 0 aromatic heterocycles. The lowest BCUT2D eigenvalue weighted by Crippen LogP contribution is -2.00. The molecule has 2 aromatic carbocycles. The number of aryl methyl sites for hydroxylation is 1. The predicted octanol–water partition coefficient (Wildman–Crippen LogP) is 4.29. The highest BCUT2D eigenvalue weighted by Gasteiger charge is 2.07. The number of rotatable bonds is 4. The van der Waals surface area contributed by atoms with Gasteiger partial charge >= 0.3 is 0 Å². The molecule has 0 spiro atoms. The molecule has 0 heterocycles. The number of ether oxygens (including phenoxy) is 1. The van der Waals surface area contributed by atoms with Crippen molar-refractivity contribution < 1.29 is 13.9 Å². The van der Waals surface area contributed by atoms with Crippen molar-refractivity contribution in [1.82, 2.24) is 0 Å². The fourth-order valence-electron chi connectivity index (χ4n) is 1.69. The highest BCUT2D eigenvalue weighted by atomic mass is 79.9. The van der Waals surface area contributed by atoms with Crippen molar-refractivity contribution in [2.75, 3.05) is 0 Å². The van der Waals surface area contributed by atoms with Crippen molar-refractivity contribution in [2.45, 2.75) is 13.5 Å². The zero-order chi connectivity index (χ0) is 13.8. The molecule has 98 valence electrons. The number of hydrogen-bond donors (Lipinski definition) is 0. The van der Waals surface area contributed by atoms with Crippen molar-refractivity contribution >= 4 is 22.2 Å². The summed E-state index contributed by atoms with van der Waals surface area (Å²) in [5.41, 5.74) is 1.89. The Kier molecular flexibility index (Phi) is 4.32. The average molecular weight is 323 g/mol. The van der Waals surface area contributed by atoms with Crippen LogP contribution in [0, 0.1) is 12.7 Å². The van der Waals surface area contributed by atoms with Crippen LogP contribution in [0.25, 0.3) is 0 Å². The van der Waals surface area contributed by atoms with E-state index >= 15 is 0 Å². The number of halogens is 2. The van der Waals surface area contributed by atoms with Gasteiger partial charge in [0.1, 0.15) is 18.2 Å². The topological polar surface area (TPSA) is 26.3 Å². The summed E-state index contributed by atoms with van der Waals surface area (Å²) in [6.45, 7) is 1.98. The molecule has 0 bridgehead atoms. The van der Waals surface area contributed by atoms with Crippen LogP contribution in [0.3, 0.4) is 0 Å². The molecule has 0 aliphatic rings. The minimum absolute atomic E-state index is 0.0863. The Hall–Kier alpha value is -1.68. The first-order valence-electron chi connectivity index (χ1n) is 5.72. The first kappa shape index (κ1) is 13.7. The minimum atomic E-state index is -0.339. The van der Waals surface area contributed by atoms with E-state index in [1.807, 2.05) is 13.0 Å². The monoisotopic (exact) mass is 322 g/mol. The fraction of sp³-hybridized carbons (Fsp3) is 0.133. The van der Waals surface area contributed by atoms with Crippen LogP contribution in [-0.2, 0) is 6.61 Å². The number of benzene rings is 2. The highest BCUT2D eigenvalue weighted by molar-refractivity contribution is 9.10. The molecule has 19 heavy (non-hydrogen) atoms. The minimum Gasteiger partial charge on any atom is -0.488 e. The summed E-state index contributed by atoms with van der Waals surface area (Å²) in [6, 6.07) is 10.1. The van der Waals surface area contributed by atoms with E-state index in [1.165, 1.54) is 6.07 Å². The van der Waals surface area contributed by atoms with E-state index in [4.69, 9.17) is 4.74 Å². The largest absolute Gasteiger partial charge is 0.488 e. The maximum absolute atomic E-state index is 13.6. The molecule has 2 rings (SSSR count). The molecule has 0 fully saturated rings. The number of carbonyl (C=O) groups is 1. The molecule has 0 atom stereocenters.